The summed E-state index contributed by atoms with van der Waals surface area (Å²) < 4.78 is 27.5. The minimum Gasteiger partial charge on any atom is -0.349 e. The zero-order valence-electron chi connectivity index (χ0n) is 19.3. The van der Waals surface area contributed by atoms with Gasteiger partial charge in [-0.3, -0.25) is 9.59 Å². The molecule has 0 unspecified atom stereocenters. The van der Waals surface area contributed by atoms with Gasteiger partial charge >= 0.3 is 0 Å². The Bertz CT molecular complexity index is 1190. The highest BCUT2D eigenvalue weighted by molar-refractivity contribution is 7.99. The van der Waals surface area contributed by atoms with Gasteiger partial charge in [-0.2, -0.15) is 0 Å². The van der Waals surface area contributed by atoms with Crippen LogP contribution in [0.25, 0.3) is 4.91 Å². The molecule has 0 radical (unpaired) electrons. The molecule has 0 bridgehead atoms. The molecule has 1 aliphatic carbocycles. The van der Waals surface area contributed by atoms with Crippen LogP contribution in [0.5, 0.6) is 0 Å². The zero-order chi connectivity index (χ0) is 23.8. The third kappa shape index (κ3) is 4.60. The van der Waals surface area contributed by atoms with Gasteiger partial charge in [-0.25, -0.2) is 12.7 Å². The Kier molecular flexibility index (Phi) is 6.43. The quantitative estimate of drug-likeness (QED) is 0.675. The first-order valence-electron chi connectivity index (χ1n) is 11.5. The summed E-state index contributed by atoms with van der Waals surface area (Å²) in [5.41, 5.74) is 3.02. The Balaban J connectivity index is 1.51. The van der Waals surface area contributed by atoms with E-state index in [0.717, 1.165) is 35.6 Å². The third-order valence-electron chi connectivity index (χ3n) is 6.51. The molecule has 0 atom stereocenters. The highest BCUT2D eigenvalue weighted by Crippen LogP contribution is 2.36. The Morgan fingerprint density at radius 3 is 2.21 bits per heavy atom. The molecule has 0 saturated heterocycles. The van der Waals surface area contributed by atoms with E-state index in [9.17, 15) is 18.0 Å². The molecule has 7 heteroatoms. The van der Waals surface area contributed by atoms with Crippen molar-refractivity contribution in [2.75, 3.05) is 0 Å². The van der Waals surface area contributed by atoms with Crippen LogP contribution in [-0.2, 0) is 21.4 Å². The number of carbonyl (C=O) groups excluding carboxylic acids is 2. The van der Waals surface area contributed by atoms with Crippen LogP contribution in [0.15, 0.2) is 54.1 Å². The largest absolute Gasteiger partial charge is 0.349 e. The van der Waals surface area contributed by atoms with Crippen molar-refractivity contribution in [3.05, 3.63) is 76.4 Å². The second-order valence-corrected chi connectivity index (χ2v) is 11.0. The molecule has 2 aliphatic rings. The molecular formula is C26H30N2O4S. The fourth-order valence-corrected chi connectivity index (χ4v) is 6.31. The number of sulfonamides is 1. The first-order valence-corrected chi connectivity index (χ1v) is 12.9. The van der Waals surface area contributed by atoms with Crippen LogP contribution in [0.1, 0.15) is 79.4 Å². The minimum atomic E-state index is -3.97. The number of carbonyl (C=O) groups is 2. The first kappa shape index (κ1) is 23.2. The lowest BCUT2D eigenvalue weighted by Gasteiger charge is -2.17. The van der Waals surface area contributed by atoms with Gasteiger partial charge in [0.2, 0.25) is 0 Å². The molecule has 1 fully saturated rings. The van der Waals surface area contributed by atoms with Gasteiger partial charge in [0.25, 0.3) is 21.8 Å². The molecule has 33 heavy (non-hydrogen) atoms. The van der Waals surface area contributed by atoms with Crippen LogP contribution < -0.4 is 5.32 Å². The molecule has 2 aromatic rings. The maximum atomic E-state index is 13.3. The highest BCUT2D eigenvalue weighted by Gasteiger charge is 2.42. The van der Waals surface area contributed by atoms with Crippen molar-refractivity contribution in [2.24, 2.45) is 0 Å². The van der Waals surface area contributed by atoms with Crippen LogP contribution in [0.4, 0.5) is 0 Å². The second-order valence-electron chi connectivity index (χ2n) is 9.20. The van der Waals surface area contributed by atoms with Gasteiger partial charge in [0.15, 0.2) is 0 Å². The van der Waals surface area contributed by atoms with E-state index in [2.05, 4.69) is 19.2 Å². The van der Waals surface area contributed by atoms with Crippen molar-refractivity contribution in [3.8, 4) is 0 Å². The van der Waals surface area contributed by atoms with Gasteiger partial charge in [0.1, 0.15) is 4.91 Å². The standard InChI is InChI=1S/C26H30N2O4S/c1-17(2)20-12-14-21(15-13-20)24-18(3)26(30)28(33(24,31)32)16-19-8-10-22(11-9-19)25(29)27-23-6-4-5-7-23/h8-15,17,23H,4-7,16H2,1-3H3,(H,27,29). The maximum Gasteiger partial charge on any atom is 0.268 e. The Morgan fingerprint density at radius 2 is 1.64 bits per heavy atom. The van der Waals surface area contributed by atoms with Crippen molar-refractivity contribution >= 4 is 26.7 Å². The summed E-state index contributed by atoms with van der Waals surface area (Å²) in [7, 11) is -3.97. The number of amides is 2. The van der Waals surface area contributed by atoms with Crippen LogP contribution in [0.3, 0.4) is 0 Å². The summed E-state index contributed by atoms with van der Waals surface area (Å²) >= 11 is 0. The van der Waals surface area contributed by atoms with Crippen molar-refractivity contribution < 1.29 is 18.0 Å². The fourth-order valence-electron chi connectivity index (χ4n) is 4.50. The van der Waals surface area contributed by atoms with E-state index in [1.54, 1.807) is 43.3 Å². The van der Waals surface area contributed by atoms with Crippen LogP contribution in [0, 0.1) is 0 Å². The van der Waals surface area contributed by atoms with Gasteiger partial charge in [0, 0.05) is 17.2 Å². The molecule has 1 N–H and O–H groups in total. The molecule has 2 aromatic carbocycles. The Morgan fingerprint density at radius 1 is 1.03 bits per heavy atom. The summed E-state index contributed by atoms with van der Waals surface area (Å²) in [5, 5.41) is 3.04. The lowest BCUT2D eigenvalue weighted by Crippen LogP contribution is -2.32. The van der Waals surface area contributed by atoms with Crippen LogP contribution in [-0.4, -0.2) is 30.6 Å². The fraction of sp³-hybridized carbons (Fsp3) is 0.385. The molecule has 0 spiro atoms. The number of hydrogen-bond donors (Lipinski definition) is 1. The number of nitrogens with one attached hydrogen (secondary N) is 1. The predicted molar refractivity (Wildman–Crippen MR) is 129 cm³/mol. The summed E-state index contributed by atoms with van der Waals surface area (Å²) in [4.78, 5) is 25.4. The number of hydrogen-bond acceptors (Lipinski definition) is 4. The van der Waals surface area contributed by atoms with Gasteiger partial charge in [0.05, 0.1) is 6.54 Å². The van der Waals surface area contributed by atoms with E-state index in [4.69, 9.17) is 0 Å². The lowest BCUT2D eigenvalue weighted by atomic mass is 10.0. The van der Waals surface area contributed by atoms with Gasteiger partial charge in [-0.1, -0.05) is 63.1 Å². The highest BCUT2D eigenvalue weighted by atomic mass is 32.2. The molecule has 1 aliphatic heterocycles. The topological polar surface area (TPSA) is 83.6 Å². The van der Waals surface area contributed by atoms with E-state index in [1.807, 2.05) is 12.1 Å². The van der Waals surface area contributed by atoms with E-state index < -0.39 is 15.9 Å². The molecule has 1 heterocycles. The molecule has 6 nitrogen and oxygen atoms in total. The van der Waals surface area contributed by atoms with E-state index in [-0.39, 0.29) is 29.0 Å². The molecule has 2 amide bonds. The zero-order valence-corrected chi connectivity index (χ0v) is 20.1. The van der Waals surface area contributed by atoms with E-state index in [0.29, 0.717) is 22.6 Å². The van der Waals surface area contributed by atoms with Crippen molar-refractivity contribution in [1.29, 1.82) is 0 Å². The number of nitrogens with zero attached hydrogens (tertiary/aromatic N) is 1. The lowest BCUT2D eigenvalue weighted by molar-refractivity contribution is -0.122. The molecule has 174 valence electrons. The third-order valence-corrected chi connectivity index (χ3v) is 8.44. The maximum absolute atomic E-state index is 13.3. The average molecular weight is 467 g/mol. The minimum absolute atomic E-state index is 0.0652. The average Bonchev–Trinajstić information content (AvgIpc) is 3.35. The second kappa shape index (κ2) is 9.14. The van der Waals surface area contributed by atoms with Crippen molar-refractivity contribution in [1.82, 2.24) is 9.62 Å². The monoisotopic (exact) mass is 466 g/mol. The van der Waals surface area contributed by atoms with Crippen molar-refractivity contribution in [2.45, 2.75) is 65.0 Å². The summed E-state index contributed by atoms with van der Waals surface area (Å²) in [6.07, 6.45) is 4.29. The first-order chi connectivity index (χ1) is 15.7. The number of rotatable bonds is 6. The van der Waals surface area contributed by atoms with Crippen LogP contribution in [0.2, 0.25) is 0 Å². The Labute approximate surface area is 195 Å². The summed E-state index contributed by atoms with van der Waals surface area (Å²) in [6, 6.07) is 14.3. The SMILES string of the molecule is CC1=C(c2ccc(C(C)C)cc2)S(=O)(=O)N(Cc2ccc(C(=O)NC3CCCC3)cc2)C1=O. The Hall–Kier alpha value is -2.93. The van der Waals surface area contributed by atoms with E-state index in [1.165, 1.54) is 0 Å². The molecule has 4 rings (SSSR count). The summed E-state index contributed by atoms with van der Waals surface area (Å²) in [5.74, 6) is -0.306. The molecule has 0 aromatic heterocycles. The smallest absolute Gasteiger partial charge is 0.268 e. The molecular weight excluding hydrogens is 436 g/mol. The predicted octanol–water partition coefficient (Wildman–Crippen LogP) is 4.59. The van der Waals surface area contributed by atoms with Gasteiger partial charge < -0.3 is 5.32 Å². The molecule has 1 saturated carbocycles. The van der Waals surface area contributed by atoms with Crippen LogP contribution >= 0.6 is 0 Å². The van der Waals surface area contributed by atoms with Gasteiger partial charge in [-0.05, 0) is 54.5 Å². The normalized spacial score (nSPS) is 18.4. The summed E-state index contributed by atoms with van der Waals surface area (Å²) in [6.45, 7) is 5.63. The van der Waals surface area contributed by atoms with E-state index >= 15 is 0 Å². The van der Waals surface area contributed by atoms with Gasteiger partial charge in [-0.15, -0.1) is 0 Å². The van der Waals surface area contributed by atoms with Crippen molar-refractivity contribution in [3.63, 3.8) is 0 Å². The number of benzene rings is 2.